The Morgan fingerprint density at radius 2 is 0.619 bits per heavy atom. The van der Waals surface area contributed by atoms with Crippen molar-refractivity contribution in [3.05, 3.63) is 128 Å². The van der Waals surface area contributed by atoms with Crippen molar-refractivity contribution in [2.45, 2.75) is 0 Å². The molecule has 0 spiro atoms. The Hall–Kier alpha value is -6.09. The van der Waals surface area contributed by atoms with Gasteiger partial charge in [0.1, 0.15) is 16.9 Å². The molecule has 0 saturated heterocycles. The minimum atomic E-state index is 0.998. The van der Waals surface area contributed by atoms with E-state index >= 15 is 0 Å². The Kier molecular flexibility index (Phi) is 4.01. The summed E-state index contributed by atoms with van der Waals surface area (Å²) >= 11 is 0. The van der Waals surface area contributed by atoms with E-state index in [-0.39, 0.29) is 0 Å². The molecule has 0 aliphatic heterocycles. The van der Waals surface area contributed by atoms with Crippen LogP contribution in [-0.4, -0.2) is 42.5 Å². The highest BCUT2D eigenvalue weighted by atomic mass is 15.3. The van der Waals surface area contributed by atoms with Crippen LogP contribution in [0, 0.1) is 0 Å². The predicted molar refractivity (Wildman–Crippen MR) is 163 cm³/mol. The molecule has 0 aliphatic rings. The van der Waals surface area contributed by atoms with Crippen molar-refractivity contribution in [1.29, 1.82) is 0 Å². The van der Waals surface area contributed by atoms with Gasteiger partial charge in [-0.2, -0.15) is 15.3 Å². The summed E-state index contributed by atoms with van der Waals surface area (Å²) in [5.41, 5.74) is 12.5. The lowest BCUT2D eigenvalue weighted by molar-refractivity contribution is 0.980. The maximum absolute atomic E-state index is 4.65. The average Bonchev–Trinajstić information content (AvgIpc) is 3.85. The molecule has 9 heteroatoms. The summed E-state index contributed by atoms with van der Waals surface area (Å²) in [5.74, 6) is 0. The molecule has 198 valence electrons. The molecule has 0 bridgehead atoms. The fraction of sp³-hybridized carbons (Fsp3) is 0. The molecule has 0 amide bonds. The van der Waals surface area contributed by atoms with Gasteiger partial charge in [-0.3, -0.25) is 13.7 Å². The van der Waals surface area contributed by atoms with Crippen LogP contribution < -0.4 is 0 Å². The van der Waals surface area contributed by atoms with E-state index in [9.17, 15) is 0 Å². The minimum Gasteiger partial charge on any atom is -0.293 e. The van der Waals surface area contributed by atoms with Crippen molar-refractivity contribution in [2.75, 3.05) is 0 Å². The third-order valence-corrected chi connectivity index (χ3v) is 8.27. The number of rotatable bonds is 3. The van der Waals surface area contributed by atoms with Gasteiger partial charge in [0.15, 0.2) is 0 Å². The van der Waals surface area contributed by atoms with E-state index in [0.717, 1.165) is 67.1 Å². The summed E-state index contributed by atoms with van der Waals surface area (Å²) in [7, 11) is 0. The summed E-state index contributed by atoms with van der Waals surface area (Å²) in [6.45, 7) is 0. The first-order valence-corrected chi connectivity index (χ1v) is 13.8. The maximum atomic E-state index is 4.65. The fourth-order valence-corrected chi connectivity index (χ4v) is 6.60. The zero-order chi connectivity index (χ0) is 27.4. The van der Waals surface area contributed by atoms with Crippen LogP contribution in [0.3, 0.4) is 0 Å². The summed E-state index contributed by atoms with van der Waals surface area (Å²) in [5, 5.41) is 13.9. The van der Waals surface area contributed by atoms with Gasteiger partial charge in [-0.15, -0.1) is 0 Å². The fourth-order valence-electron chi connectivity index (χ4n) is 6.60. The second kappa shape index (κ2) is 7.76. The summed E-state index contributed by atoms with van der Waals surface area (Å²) in [6, 6.07) is 38.1. The maximum Gasteiger partial charge on any atom is 0.141 e. The van der Waals surface area contributed by atoms with Crippen molar-refractivity contribution in [3.63, 3.8) is 0 Å². The molecule has 4 aromatic carbocycles. The number of nitrogens with zero attached hydrogens (tertiary/aromatic N) is 9. The van der Waals surface area contributed by atoms with Crippen molar-refractivity contribution in [3.8, 4) is 17.1 Å². The number of imidazole rings is 3. The summed E-state index contributed by atoms with van der Waals surface area (Å²) in [6.07, 6.45) is 5.56. The van der Waals surface area contributed by atoms with Crippen LogP contribution in [0.2, 0.25) is 0 Å². The zero-order valence-electron chi connectivity index (χ0n) is 22.1. The summed E-state index contributed by atoms with van der Waals surface area (Å²) in [4.78, 5) is 0. The van der Waals surface area contributed by atoms with Crippen LogP contribution in [0.5, 0.6) is 0 Å². The van der Waals surface area contributed by atoms with Crippen LogP contribution in [0.25, 0.3) is 67.1 Å². The first-order valence-electron chi connectivity index (χ1n) is 13.8. The van der Waals surface area contributed by atoms with E-state index < -0.39 is 0 Å². The first kappa shape index (κ1) is 21.7. The highest BCUT2D eigenvalue weighted by molar-refractivity contribution is 5.88. The van der Waals surface area contributed by atoms with Crippen LogP contribution >= 0.6 is 0 Å². The lowest BCUT2D eigenvalue weighted by Crippen LogP contribution is -2.03. The third-order valence-electron chi connectivity index (χ3n) is 8.27. The number of hydrogen-bond acceptors (Lipinski definition) is 3. The minimum absolute atomic E-state index is 0.998. The second-order valence-electron chi connectivity index (χ2n) is 10.5. The van der Waals surface area contributed by atoms with Crippen LogP contribution in [0.1, 0.15) is 0 Å². The van der Waals surface area contributed by atoms with E-state index in [1.165, 1.54) is 0 Å². The van der Waals surface area contributed by atoms with Crippen LogP contribution in [0.4, 0.5) is 0 Å². The van der Waals surface area contributed by atoms with Gasteiger partial charge in [0.25, 0.3) is 0 Å². The van der Waals surface area contributed by atoms with Gasteiger partial charge in [-0.05, 0) is 54.6 Å². The molecule has 0 unspecified atom stereocenters. The smallest absolute Gasteiger partial charge is 0.141 e. The van der Waals surface area contributed by atoms with Gasteiger partial charge >= 0.3 is 0 Å². The molecule has 42 heavy (non-hydrogen) atoms. The lowest BCUT2D eigenvalue weighted by Gasteiger charge is -2.15. The number of fused-ring (bicyclic) bond motifs is 9. The van der Waals surface area contributed by atoms with Gasteiger partial charge in [-0.1, -0.05) is 36.4 Å². The Morgan fingerprint density at radius 1 is 0.333 bits per heavy atom. The summed E-state index contributed by atoms with van der Waals surface area (Å²) < 4.78 is 12.9. The molecular weight excluding hydrogens is 522 g/mol. The van der Waals surface area contributed by atoms with Gasteiger partial charge in [0.2, 0.25) is 0 Å². The Morgan fingerprint density at radius 3 is 0.929 bits per heavy atom. The topological polar surface area (TPSA) is 66.7 Å². The van der Waals surface area contributed by atoms with Crippen LogP contribution in [-0.2, 0) is 0 Å². The van der Waals surface area contributed by atoms with Gasteiger partial charge in [0.05, 0.1) is 68.8 Å². The highest BCUT2D eigenvalue weighted by Crippen LogP contribution is 2.33. The van der Waals surface area contributed by atoms with Crippen LogP contribution in [0.15, 0.2) is 128 Å². The largest absolute Gasteiger partial charge is 0.293 e. The Bertz CT molecular complexity index is 2350. The normalized spacial score (nSPS) is 12.3. The molecule has 10 rings (SSSR count). The monoisotopic (exact) mass is 543 g/mol. The quantitative estimate of drug-likeness (QED) is 0.257. The Balaban J connectivity index is 1.37. The van der Waals surface area contributed by atoms with E-state index in [0.29, 0.717) is 0 Å². The molecule has 9 nitrogen and oxygen atoms in total. The zero-order valence-corrected chi connectivity index (χ0v) is 22.1. The predicted octanol–water partition coefficient (Wildman–Crippen LogP) is 6.46. The molecule has 6 heterocycles. The van der Waals surface area contributed by atoms with E-state index in [1.54, 1.807) is 0 Å². The molecule has 0 atom stereocenters. The van der Waals surface area contributed by atoms with Crippen molar-refractivity contribution in [2.24, 2.45) is 0 Å². The molecular formula is C33H21N9. The third kappa shape index (κ3) is 2.69. The van der Waals surface area contributed by atoms with E-state index in [4.69, 9.17) is 0 Å². The molecule has 10 aromatic rings. The van der Waals surface area contributed by atoms with Crippen molar-refractivity contribution < 1.29 is 0 Å². The lowest BCUT2D eigenvalue weighted by atomic mass is 10.2. The standard InChI is InChI=1S/C33H21N9/c1-4-10-28-25(7-1)37(31-13-16-34-40(28)31)22-19-23(38-26-8-2-5-11-29(26)41-32(38)14-17-35-41)21-24(20-22)39-27-9-3-6-12-30(27)42-33(39)15-18-36-42/h1-21H. The molecule has 0 saturated carbocycles. The number of hydrogen-bond donors (Lipinski definition) is 0. The van der Waals surface area contributed by atoms with Gasteiger partial charge < -0.3 is 0 Å². The SMILES string of the molecule is c1ccc2c(c1)n(-c1cc(-n3c4ccccc4n4nccc34)cc(-n3c4ccccc4n4nccc34)c1)c1ccnn21. The van der Waals surface area contributed by atoms with E-state index in [2.05, 4.69) is 138 Å². The molecule has 0 N–H and O–H groups in total. The highest BCUT2D eigenvalue weighted by Gasteiger charge is 2.20. The van der Waals surface area contributed by atoms with Crippen molar-refractivity contribution >= 4 is 50.0 Å². The van der Waals surface area contributed by atoms with Gasteiger partial charge in [-0.25, -0.2) is 13.5 Å². The first-order chi connectivity index (χ1) is 20.8. The second-order valence-corrected chi connectivity index (χ2v) is 10.5. The van der Waals surface area contributed by atoms with Gasteiger partial charge in [0, 0.05) is 18.2 Å². The number of benzene rings is 4. The molecule has 0 aliphatic carbocycles. The Labute approximate surface area is 237 Å². The molecule has 0 radical (unpaired) electrons. The van der Waals surface area contributed by atoms with Crippen molar-refractivity contribution in [1.82, 2.24) is 42.5 Å². The number of aromatic nitrogens is 9. The number of para-hydroxylation sites is 6. The molecule has 6 aromatic heterocycles. The molecule has 0 fully saturated rings. The average molecular weight is 544 g/mol. The van der Waals surface area contributed by atoms with E-state index in [1.807, 2.05) is 32.1 Å².